The highest BCUT2D eigenvalue weighted by Gasteiger charge is 2.41. The lowest BCUT2D eigenvalue weighted by Gasteiger charge is -2.30. The normalized spacial score (nSPS) is 17.3. The lowest BCUT2D eigenvalue weighted by atomic mass is 9.96. The van der Waals surface area contributed by atoms with Crippen LogP contribution in [0.15, 0.2) is 18.3 Å². The summed E-state index contributed by atoms with van der Waals surface area (Å²) in [6.07, 6.45) is -0.128. The van der Waals surface area contributed by atoms with E-state index in [0.717, 1.165) is 0 Å². The van der Waals surface area contributed by atoms with Crippen LogP contribution >= 0.6 is 0 Å². The minimum absolute atomic E-state index is 0.227. The Morgan fingerprint density at radius 3 is 2.64 bits per heavy atom. The molecule has 122 valence electrons. The number of carboxylic acid groups (broad SMARTS) is 1. The number of rotatable bonds is 6. The number of aromatic amines is 1. The molecular formula is C14H18F2N2O4. The molecule has 1 unspecified atom stereocenters. The van der Waals surface area contributed by atoms with Crippen molar-refractivity contribution in [3.05, 3.63) is 24.0 Å². The number of aliphatic carboxylic acids is 1. The minimum atomic E-state index is -3.28. The predicted octanol–water partition coefficient (Wildman–Crippen LogP) is 1.14. The van der Waals surface area contributed by atoms with Gasteiger partial charge in [0, 0.05) is 31.4 Å². The molecule has 1 fully saturated rings. The summed E-state index contributed by atoms with van der Waals surface area (Å²) in [5, 5.41) is 9.14. The number of H-pyrrole nitrogens is 1. The molecule has 6 nitrogen and oxygen atoms in total. The van der Waals surface area contributed by atoms with Crippen molar-refractivity contribution in [2.45, 2.75) is 18.8 Å². The molecule has 1 atom stereocenters. The Morgan fingerprint density at radius 1 is 1.41 bits per heavy atom. The fraction of sp³-hybridized carbons (Fsp3) is 0.571. The van der Waals surface area contributed by atoms with Crippen LogP contribution in [0.2, 0.25) is 0 Å². The average molecular weight is 316 g/mol. The maximum Gasteiger partial charge on any atom is 0.316 e. The first-order valence-corrected chi connectivity index (χ1v) is 6.98. The Kier molecular flexibility index (Phi) is 5.12. The van der Waals surface area contributed by atoms with E-state index in [1.807, 2.05) is 0 Å². The van der Waals surface area contributed by atoms with Crippen LogP contribution in [0.25, 0.3) is 0 Å². The second-order valence-electron chi connectivity index (χ2n) is 5.26. The summed E-state index contributed by atoms with van der Waals surface area (Å²) in [6, 6.07) is 3.08. The van der Waals surface area contributed by atoms with Gasteiger partial charge in [0.05, 0.1) is 19.6 Å². The Morgan fingerprint density at radius 2 is 2.09 bits per heavy atom. The van der Waals surface area contributed by atoms with Crippen molar-refractivity contribution in [1.82, 2.24) is 9.88 Å². The zero-order valence-electron chi connectivity index (χ0n) is 11.9. The number of hydrogen-bond acceptors (Lipinski definition) is 3. The third kappa shape index (κ3) is 4.27. The SMILES string of the molecule is O=C(O)C(CC(F)(F)Cc1ccc[nH]1)C(=O)N1CCOCC1. The van der Waals surface area contributed by atoms with E-state index in [4.69, 9.17) is 9.84 Å². The van der Waals surface area contributed by atoms with Gasteiger partial charge in [-0.15, -0.1) is 0 Å². The number of nitrogens with zero attached hydrogens (tertiary/aromatic N) is 1. The summed E-state index contributed by atoms with van der Waals surface area (Å²) in [5.74, 6) is -7.33. The van der Waals surface area contributed by atoms with Crippen LogP contribution in [0.1, 0.15) is 12.1 Å². The number of aromatic nitrogens is 1. The number of ether oxygens (including phenoxy) is 1. The molecule has 1 amide bonds. The Labute approximate surface area is 126 Å². The molecule has 1 saturated heterocycles. The molecule has 1 aromatic rings. The van der Waals surface area contributed by atoms with Crippen molar-refractivity contribution in [2.24, 2.45) is 5.92 Å². The first kappa shape index (κ1) is 16.4. The lowest BCUT2D eigenvalue weighted by molar-refractivity contribution is -0.158. The Hall–Kier alpha value is -1.96. The molecule has 2 heterocycles. The predicted molar refractivity (Wildman–Crippen MR) is 72.6 cm³/mol. The molecule has 22 heavy (non-hydrogen) atoms. The maximum absolute atomic E-state index is 14.0. The maximum atomic E-state index is 14.0. The van der Waals surface area contributed by atoms with Gasteiger partial charge in [0.15, 0.2) is 0 Å². The van der Waals surface area contributed by atoms with Gasteiger partial charge in [0.2, 0.25) is 5.91 Å². The molecule has 2 rings (SSSR count). The van der Waals surface area contributed by atoms with Crippen molar-refractivity contribution in [2.75, 3.05) is 26.3 Å². The van der Waals surface area contributed by atoms with Crippen LogP contribution in [-0.2, 0) is 20.7 Å². The van der Waals surface area contributed by atoms with Gasteiger partial charge < -0.3 is 19.7 Å². The van der Waals surface area contributed by atoms with Gasteiger partial charge in [0.25, 0.3) is 5.92 Å². The summed E-state index contributed by atoms with van der Waals surface area (Å²) in [7, 11) is 0. The van der Waals surface area contributed by atoms with Crippen molar-refractivity contribution in [3.63, 3.8) is 0 Å². The number of nitrogens with one attached hydrogen (secondary N) is 1. The second-order valence-corrected chi connectivity index (χ2v) is 5.26. The summed E-state index contributed by atoms with van der Waals surface area (Å²) in [4.78, 5) is 27.3. The second kappa shape index (κ2) is 6.87. The van der Waals surface area contributed by atoms with E-state index >= 15 is 0 Å². The molecule has 0 spiro atoms. The van der Waals surface area contributed by atoms with E-state index in [-0.39, 0.29) is 26.3 Å². The molecule has 1 aliphatic rings. The van der Waals surface area contributed by atoms with Crippen molar-refractivity contribution in [3.8, 4) is 0 Å². The molecule has 0 bridgehead atoms. The summed E-state index contributed by atoms with van der Waals surface area (Å²) >= 11 is 0. The third-order valence-corrected chi connectivity index (χ3v) is 3.53. The van der Waals surface area contributed by atoms with Crippen LogP contribution in [0.3, 0.4) is 0 Å². The number of hydrogen-bond donors (Lipinski definition) is 2. The van der Waals surface area contributed by atoms with E-state index in [2.05, 4.69) is 4.98 Å². The van der Waals surface area contributed by atoms with E-state index in [1.54, 1.807) is 6.07 Å². The van der Waals surface area contributed by atoms with Gasteiger partial charge in [-0.25, -0.2) is 8.78 Å². The summed E-state index contributed by atoms with van der Waals surface area (Å²) < 4.78 is 33.2. The minimum Gasteiger partial charge on any atom is -0.481 e. The molecular weight excluding hydrogens is 298 g/mol. The lowest BCUT2D eigenvalue weighted by Crippen LogP contribution is -2.47. The molecule has 8 heteroatoms. The Balaban J connectivity index is 2.03. The first-order chi connectivity index (χ1) is 10.4. The molecule has 1 aliphatic heterocycles. The van der Waals surface area contributed by atoms with Gasteiger partial charge in [-0.3, -0.25) is 9.59 Å². The summed E-state index contributed by atoms with van der Waals surface area (Å²) in [6.45, 7) is 1.03. The number of carbonyl (C=O) groups excluding carboxylic acids is 1. The van der Waals surface area contributed by atoms with E-state index in [1.165, 1.54) is 17.2 Å². The van der Waals surface area contributed by atoms with Crippen molar-refractivity contribution < 1.29 is 28.2 Å². The highest BCUT2D eigenvalue weighted by molar-refractivity contribution is 5.97. The number of halogens is 2. The monoisotopic (exact) mass is 316 g/mol. The Bertz CT molecular complexity index is 513. The first-order valence-electron chi connectivity index (χ1n) is 6.98. The number of alkyl halides is 2. The van der Waals surface area contributed by atoms with Crippen molar-refractivity contribution in [1.29, 1.82) is 0 Å². The van der Waals surface area contributed by atoms with Crippen LogP contribution in [-0.4, -0.2) is 59.1 Å². The van der Waals surface area contributed by atoms with Gasteiger partial charge >= 0.3 is 5.97 Å². The highest BCUT2D eigenvalue weighted by atomic mass is 19.3. The largest absolute Gasteiger partial charge is 0.481 e. The number of amides is 1. The topological polar surface area (TPSA) is 82.6 Å². The van der Waals surface area contributed by atoms with E-state index in [0.29, 0.717) is 5.69 Å². The average Bonchev–Trinajstić information content (AvgIpc) is 2.97. The molecule has 0 radical (unpaired) electrons. The van der Waals surface area contributed by atoms with Crippen LogP contribution in [0, 0.1) is 5.92 Å². The third-order valence-electron chi connectivity index (χ3n) is 3.53. The van der Waals surface area contributed by atoms with Crippen molar-refractivity contribution >= 4 is 11.9 Å². The fourth-order valence-corrected chi connectivity index (χ4v) is 2.41. The van der Waals surface area contributed by atoms with Crippen LogP contribution in [0.5, 0.6) is 0 Å². The molecule has 0 aliphatic carbocycles. The standard InChI is InChI=1S/C14H18F2N2O4/c15-14(16,8-10-2-1-3-17-10)9-11(13(20)21)12(19)18-4-6-22-7-5-18/h1-3,11,17H,4-9H2,(H,20,21). The van der Waals surface area contributed by atoms with Crippen LogP contribution in [0.4, 0.5) is 8.78 Å². The van der Waals surface area contributed by atoms with E-state index < -0.39 is 36.6 Å². The zero-order valence-corrected chi connectivity index (χ0v) is 11.9. The number of carbonyl (C=O) groups is 2. The fourth-order valence-electron chi connectivity index (χ4n) is 2.41. The van der Waals surface area contributed by atoms with E-state index in [9.17, 15) is 18.4 Å². The smallest absolute Gasteiger partial charge is 0.316 e. The molecule has 1 aromatic heterocycles. The van der Waals surface area contributed by atoms with Gasteiger partial charge in [-0.2, -0.15) is 0 Å². The van der Waals surface area contributed by atoms with Gasteiger partial charge in [-0.1, -0.05) is 0 Å². The summed E-state index contributed by atoms with van der Waals surface area (Å²) in [5.41, 5.74) is 0.299. The van der Waals surface area contributed by atoms with Gasteiger partial charge in [-0.05, 0) is 12.1 Å². The van der Waals surface area contributed by atoms with Gasteiger partial charge in [0.1, 0.15) is 5.92 Å². The van der Waals surface area contributed by atoms with Crippen LogP contribution < -0.4 is 0 Å². The molecule has 0 aromatic carbocycles. The number of carboxylic acids is 1. The molecule has 0 saturated carbocycles. The highest BCUT2D eigenvalue weighted by Crippen LogP contribution is 2.29. The zero-order chi connectivity index (χ0) is 16.2. The number of morpholine rings is 1. The quantitative estimate of drug-likeness (QED) is 0.771. The molecule has 2 N–H and O–H groups in total.